The molecule has 0 saturated carbocycles. The highest BCUT2D eigenvalue weighted by molar-refractivity contribution is 14.1. The van der Waals surface area contributed by atoms with E-state index >= 15 is 0 Å². The van der Waals surface area contributed by atoms with Crippen LogP contribution in [-0.4, -0.2) is 12.1 Å². The third kappa shape index (κ3) is 1.87. The SMILES string of the molecule is COc1cncc(I)c1NCl. The van der Waals surface area contributed by atoms with Gasteiger partial charge in [-0.3, -0.25) is 9.82 Å². The van der Waals surface area contributed by atoms with Crippen LogP contribution in [0.25, 0.3) is 0 Å². The number of halogens is 2. The highest BCUT2D eigenvalue weighted by Gasteiger charge is 2.04. The molecular formula is C6H6ClIN2O. The summed E-state index contributed by atoms with van der Waals surface area (Å²) in [5.41, 5.74) is 0.754. The zero-order valence-corrected chi connectivity index (χ0v) is 8.68. The van der Waals surface area contributed by atoms with Crippen LogP contribution >= 0.6 is 34.4 Å². The number of hydrogen-bond donors (Lipinski definition) is 1. The summed E-state index contributed by atoms with van der Waals surface area (Å²) in [6.45, 7) is 0. The van der Waals surface area contributed by atoms with Gasteiger partial charge in [0.2, 0.25) is 0 Å². The standard InChI is InChI=1S/C6H6ClIN2O/c1-11-5-3-9-2-4(8)6(5)10-7/h2-3H,1H3,(H,9,10). The van der Waals surface area contributed by atoms with Gasteiger partial charge in [0.05, 0.1) is 16.9 Å². The van der Waals surface area contributed by atoms with Crippen molar-refractivity contribution in [1.82, 2.24) is 4.98 Å². The smallest absolute Gasteiger partial charge is 0.162 e. The van der Waals surface area contributed by atoms with Gasteiger partial charge in [0.15, 0.2) is 5.75 Å². The molecule has 1 aromatic heterocycles. The molecule has 0 fully saturated rings. The van der Waals surface area contributed by atoms with E-state index in [-0.39, 0.29) is 0 Å². The molecule has 0 spiro atoms. The molecule has 0 bridgehead atoms. The van der Waals surface area contributed by atoms with Crippen molar-refractivity contribution in [3.05, 3.63) is 16.0 Å². The van der Waals surface area contributed by atoms with Crippen LogP contribution in [0.3, 0.4) is 0 Å². The Morgan fingerprint density at radius 2 is 2.36 bits per heavy atom. The van der Waals surface area contributed by atoms with Crippen molar-refractivity contribution in [3.8, 4) is 5.75 Å². The van der Waals surface area contributed by atoms with Crippen LogP contribution in [0.5, 0.6) is 5.75 Å². The highest BCUT2D eigenvalue weighted by Crippen LogP contribution is 2.28. The fraction of sp³-hybridized carbons (Fsp3) is 0.167. The third-order valence-electron chi connectivity index (χ3n) is 1.18. The van der Waals surface area contributed by atoms with E-state index in [1.165, 1.54) is 0 Å². The molecule has 0 radical (unpaired) electrons. The largest absolute Gasteiger partial charge is 0.493 e. The van der Waals surface area contributed by atoms with Gasteiger partial charge in [0.25, 0.3) is 0 Å². The van der Waals surface area contributed by atoms with E-state index in [0.717, 1.165) is 9.26 Å². The van der Waals surface area contributed by atoms with Gasteiger partial charge in [0, 0.05) is 18.0 Å². The molecule has 60 valence electrons. The lowest BCUT2D eigenvalue weighted by Gasteiger charge is -2.06. The molecule has 1 aromatic rings. The second kappa shape index (κ2) is 3.96. The van der Waals surface area contributed by atoms with Crippen molar-refractivity contribution in [2.45, 2.75) is 0 Å². The molecule has 0 aliphatic rings. The second-order valence-electron chi connectivity index (χ2n) is 1.79. The number of rotatable bonds is 2. The number of nitrogens with zero attached hydrogens (tertiary/aromatic N) is 1. The van der Waals surface area contributed by atoms with Crippen LogP contribution in [0.4, 0.5) is 5.69 Å². The van der Waals surface area contributed by atoms with Crippen molar-refractivity contribution in [2.75, 3.05) is 11.9 Å². The maximum atomic E-state index is 5.45. The molecule has 0 aromatic carbocycles. The predicted molar refractivity (Wildman–Crippen MR) is 53.0 cm³/mol. The van der Waals surface area contributed by atoms with Gasteiger partial charge in [-0.1, -0.05) is 0 Å². The fourth-order valence-corrected chi connectivity index (χ4v) is 1.58. The number of pyridine rings is 1. The summed E-state index contributed by atoms with van der Waals surface area (Å²) in [5, 5.41) is 0. The van der Waals surface area contributed by atoms with Gasteiger partial charge >= 0.3 is 0 Å². The van der Waals surface area contributed by atoms with Crippen LogP contribution in [0.2, 0.25) is 0 Å². The molecule has 11 heavy (non-hydrogen) atoms. The number of methoxy groups -OCH3 is 1. The van der Waals surface area contributed by atoms with E-state index < -0.39 is 0 Å². The van der Waals surface area contributed by atoms with Crippen LogP contribution in [0.1, 0.15) is 0 Å². The summed E-state index contributed by atoms with van der Waals surface area (Å²) in [5.74, 6) is 0.645. The monoisotopic (exact) mass is 284 g/mol. The van der Waals surface area contributed by atoms with Gasteiger partial charge in [-0.15, -0.1) is 0 Å². The van der Waals surface area contributed by atoms with Crippen molar-refractivity contribution >= 4 is 40.1 Å². The lowest BCUT2D eigenvalue weighted by Crippen LogP contribution is -1.93. The van der Waals surface area contributed by atoms with Gasteiger partial charge in [-0.05, 0) is 22.6 Å². The zero-order valence-electron chi connectivity index (χ0n) is 5.77. The summed E-state index contributed by atoms with van der Waals surface area (Å²) in [7, 11) is 1.57. The van der Waals surface area contributed by atoms with Crippen LogP contribution in [0, 0.1) is 3.57 Å². The Hall–Kier alpha value is -0.230. The van der Waals surface area contributed by atoms with Crippen LogP contribution in [0.15, 0.2) is 12.4 Å². The molecule has 3 nitrogen and oxygen atoms in total. The Morgan fingerprint density at radius 1 is 1.64 bits per heavy atom. The van der Waals surface area contributed by atoms with Crippen molar-refractivity contribution in [3.63, 3.8) is 0 Å². The fourth-order valence-electron chi connectivity index (χ4n) is 0.664. The third-order valence-corrected chi connectivity index (χ3v) is 2.19. The first kappa shape index (κ1) is 8.86. The summed E-state index contributed by atoms with van der Waals surface area (Å²) >= 11 is 7.57. The van der Waals surface area contributed by atoms with E-state index in [1.54, 1.807) is 19.5 Å². The molecule has 1 heterocycles. The number of hydrogen-bond acceptors (Lipinski definition) is 3. The first-order valence-electron chi connectivity index (χ1n) is 2.83. The molecule has 0 aliphatic carbocycles. The number of nitrogens with one attached hydrogen (secondary N) is 1. The van der Waals surface area contributed by atoms with E-state index in [2.05, 4.69) is 32.4 Å². The first-order chi connectivity index (χ1) is 5.29. The Balaban J connectivity index is 3.13. The van der Waals surface area contributed by atoms with E-state index in [4.69, 9.17) is 16.5 Å². The van der Waals surface area contributed by atoms with E-state index in [1.807, 2.05) is 0 Å². The Bertz CT molecular complexity index is 256. The molecular weight excluding hydrogens is 278 g/mol. The molecule has 0 amide bonds. The summed E-state index contributed by atoms with van der Waals surface area (Å²) in [6, 6.07) is 0. The number of ether oxygens (including phenoxy) is 1. The van der Waals surface area contributed by atoms with Gasteiger partial charge in [0.1, 0.15) is 5.69 Å². The lowest BCUT2D eigenvalue weighted by molar-refractivity contribution is 0.415. The van der Waals surface area contributed by atoms with Gasteiger partial charge < -0.3 is 4.74 Å². The van der Waals surface area contributed by atoms with Crippen LogP contribution < -0.4 is 9.57 Å². The topological polar surface area (TPSA) is 34.1 Å². The zero-order chi connectivity index (χ0) is 8.27. The van der Waals surface area contributed by atoms with Crippen LogP contribution in [-0.2, 0) is 0 Å². The molecule has 1 N–H and O–H groups in total. The van der Waals surface area contributed by atoms with Crippen molar-refractivity contribution in [2.24, 2.45) is 0 Å². The quantitative estimate of drug-likeness (QED) is 0.668. The van der Waals surface area contributed by atoms with Gasteiger partial charge in [-0.25, -0.2) is 0 Å². The maximum Gasteiger partial charge on any atom is 0.162 e. The maximum absolute atomic E-state index is 5.45. The lowest BCUT2D eigenvalue weighted by atomic mass is 10.4. The molecule has 0 saturated heterocycles. The van der Waals surface area contributed by atoms with Crippen molar-refractivity contribution < 1.29 is 4.74 Å². The minimum atomic E-state index is 0.645. The normalized spacial score (nSPS) is 9.36. The predicted octanol–water partition coefficient (Wildman–Crippen LogP) is 2.26. The van der Waals surface area contributed by atoms with Crippen molar-refractivity contribution in [1.29, 1.82) is 0 Å². The van der Waals surface area contributed by atoms with Gasteiger partial charge in [-0.2, -0.15) is 0 Å². The molecule has 0 unspecified atom stereocenters. The molecule has 0 aliphatic heterocycles. The van der Waals surface area contributed by atoms with E-state index in [0.29, 0.717) is 5.75 Å². The van der Waals surface area contributed by atoms with E-state index in [9.17, 15) is 0 Å². The number of aromatic nitrogens is 1. The molecule has 0 atom stereocenters. The molecule has 1 rings (SSSR count). The number of anilines is 1. The minimum Gasteiger partial charge on any atom is -0.493 e. The average Bonchev–Trinajstić information content (AvgIpc) is 2.04. The second-order valence-corrected chi connectivity index (χ2v) is 3.14. The Kier molecular flexibility index (Phi) is 3.19. The minimum absolute atomic E-state index is 0.645. The average molecular weight is 284 g/mol. The summed E-state index contributed by atoms with van der Waals surface area (Å²) < 4.78 is 5.93. The highest BCUT2D eigenvalue weighted by atomic mass is 127. The Labute approximate surface area is 83.4 Å². The molecule has 5 heteroatoms. The summed E-state index contributed by atoms with van der Waals surface area (Å²) in [4.78, 5) is 6.45. The first-order valence-corrected chi connectivity index (χ1v) is 4.29. The summed E-state index contributed by atoms with van der Waals surface area (Å²) in [6.07, 6.45) is 3.31. The Morgan fingerprint density at radius 3 is 2.82 bits per heavy atom.